The number of alkyl halides is 2. The number of hydrogen-bond acceptors (Lipinski definition) is 7. The first-order valence-electron chi connectivity index (χ1n) is 14.7. The number of nitrogens with two attached hydrogens (primary N) is 1. The Morgan fingerprint density at radius 1 is 1.26 bits per heavy atom. The monoisotopic (exact) mass is 587 g/mol. The van der Waals surface area contributed by atoms with E-state index < -0.39 is 18.4 Å². The minimum absolute atomic E-state index is 0.0958. The minimum Gasteiger partial charge on any atom is -0.365 e. The predicted octanol–water partition coefficient (Wildman–Crippen LogP) is 2.96. The molecule has 0 atom stereocenters. The third-order valence-corrected chi connectivity index (χ3v) is 8.44. The molecule has 2 aromatic rings. The number of anilines is 1. The van der Waals surface area contributed by atoms with Gasteiger partial charge >= 0.3 is 5.92 Å². The molecule has 0 unspecified atom stereocenters. The van der Waals surface area contributed by atoms with E-state index in [0.717, 1.165) is 53.9 Å². The van der Waals surface area contributed by atoms with Crippen LogP contribution in [0.5, 0.6) is 0 Å². The van der Waals surface area contributed by atoms with Gasteiger partial charge in [-0.15, -0.1) is 0 Å². The Morgan fingerprint density at radius 2 is 1.98 bits per heavy atom. The van der Waals surface area contributed by atoms with Crippen molar-refractivity contribution in [3.8, 4) is 0 Å². The Morgan fingerprint density at radius 3 is 2.60 bits per heavy atom. The number of fused-ring (bicyclic) bond motifs is 1. The average molecular weight is 588 g/mol. The number of aromatic amines is 1. The first kappa shape index (κ1) is 31.6. The fourth-order valence-corrected chi connectivity index (χ4v) is 5.48. The summed E-state index contributed by atoms with van der Waals surface area (Å²) in [6.45, 7) is 7.64. The number of carbonyl (C=O) groups excluding carboxylic acids is 2. The van der Waals surface area contributed by atoms with Gasteiger partial charge in [0.05, 0.1) is 12.1 Å². The van der Waals surface area contributed by atoms with Gasteiger partial charge in [-0.1, -0.05) is 6.08 Å². The molecule has 2 aliphatic rings. The number of H-pyrrole nitrogens is 1. The second kappa shape index (κ2) is 13.3. The number of aryl methyl sites for hydroxylation is 1. The lowest BCUT2D eigenvalue weighted by molar-refractivity contribution is -0.157. The lowest BCUT2D eigenvalue weighted by Crippen LogP contribution is -2.51. The minimum atomic E-state index is -3.56. The molecule has 12 heteroatoms. The molecule has 10 nitrogen and oxygen atoms in total. The number of nitrogens with zero attached hydrogens (tertiary/aromatic N) is 4. The molecular weight excluding hydrogens is 544 g/mol. The summed E-state index contributed by atoms with van der Waals surface area (Å²) in [7, 11) is 1.84. The number of hydrogen-bond donors (Lipinski definition) is 3. The summed E-state index contributed by atoms with van der Waals surface area (Å²) in [5, 5.41) is 4.27. The van der Waals surface area contributed by atoms with Crippen molar-refractivity contribution >= 4 is 34.1 Å². The highest BCUT2D eigenvalue weighted by Crippen LogP contribution is 2.32. The van der Waals surface area contributed by atoms with Crippen LogP contribution in [0.15, 0.2) is 23.1 Å². The predicted molar refractivity (Wildman–Crippen MR) is 161 cm³/mol. The number of rotatable bonds is 10. The van der Waals surface area contributed by atoms with E-state index in [0.29, 0.717) is 36.2 Å². The quantitative estimate of drug-likeness (QED) is 0.390. The number of halogens is 2. The molecule has 230 valence electrons. The molecular formula is C30H43F2N7O3. The van der Waals surface area contributed by atoms with Gasteiger partial charge in [-0.3, -0.25) is 19.3 Å². The Kier molecular flexibility index (Phi) is 9.98. The van der Waals surface area contributed by atoms with E-state index >= 15 is 0 Å². The van der Waals surface area contributed by atoms with Gasteiger partial charge < -0.3 is 25.8 Å². The number of piperidine rings is 1. The van der Waals surface area contributed by atoms with E-state index in [9.17, 15) is 23.2 Å². The Labute approximate surface area is 245 Å². The number of amides is 2. The normalized spacial score (nSPS) is 17.0. The topological polar surface area (TPSA) is 128 Å². The Hall–Kier alpha value is -3.38. The van der Waals surface area contributed by atoms with Crippen LogP contribution in [0.1, 0.15) is 57.1 Å². The van der Waals surface area contributed by atoms with Crippen molar-refractivity contribution < 1.29 is 18.4 Å². The van der Waals surface area contributed by atoms with Crippen LogP contribution in [0.25, 0.3) is 16.5 Å². The number of likely N-dealkylation sites (tertiary alicyclic amines) is 1. The van der Waals surface area contributed by atoms with E-state index in [2.05, 4.69) is 26.3 Å². The van der Waals surface area contributed by atoms with E-state index in [1.807, 2.05) is 33.2 Å². The van der Waals surface area contributed by atoms with Crippen molar-refractivity contribution in [1.29, 1.82) is 0 Å². The first-order chi connectivity index (χ1) is 19.9. The van der Waals surface area contributed by atoms with Gasteiger partial charge in [-0.2, -0.15) is 8.78 Å². The summed E-state index contributed by atoms with van der Waals surface area (Å²) in [5.41, 5.74) is 8.20. The highest BCUT2D eigenvalue weighted by Gasteiger charge is 2.41. The third kappa shape index (κ3) is 7.15. The van der Waals surface area contributed by atoms with Gasteiger partial charge in [0.25, 0.3) is 11.5 Å². The third-order valence-electron chi connectivity index (χ3n) is 8.44. The SMILES string of the molecule is Cc1cc2c(C3=CCN(CCCC(=O)N(C)C(C)C)CC3)cnc(NC3CCN(C(=O)C(F)(F)CN)CC3)c2[nH]c1=O. The molecule has 1 fully saturated rings. The van der Waals surface area contributed by atoms with Crippen molar-refractivity contribution in [2.75, 3.05) is 51.6 Å². The van der Waals surface area contributed by atoms with E-state index in [4.69, 9.17) is 5.73 Å². The number of carbonyl (C=O) groups is 2. The van der Waals surface area contributed by atoms with E-state index in [-0.39, 0.29) is 36.6 Å². The molecule has 4 rings (SSSR count). The first-order valence-corrected chi connectivity index (χ1v) is 14.7. The maximum absolute atomic E-state index is 13.8. The number of nitrogens with one attached hydrogen (secondary N) is 2. The molecule has 0 radical (unpaired) electrons. The summed E-state index contributed by atoms with van der Waals surface area (Å²) in [4.78, 5) is 49.9. The van der Waals surface area contributed by atoms with Crippen molar-refractivity contribution in [2.45, 2.75) is 70.9 Å². The van der Waals surface area contributed by atoms with Gasteiger partial charge in [0, 0.05) is 74.4 Å². The summed E-state index contributed by atoms with van der Waals surface area (Å²) in [6, 6.07) is 1.99. The van der Waals surface area contributed by atoms with Crippen LogP contribution < -0.4 is 16.6 Å². The lowest BCUT2D eigenvalue weighted by atomic mass is 9.96. The number of aromatic nitrogens is 2. The molecule has 2 aromatic heterocycles. The average Bonchev–Trinajstić information content (AvgIpc) is 2.98. The zero-order valence-electron chi connectivity index (χ0n) is 25.0. The van der Waals surface area contributed by atoms with Crippen molar-refractivity contribution in [1.82, 2.24) is 24.7 Å². The van der Waals surface area contributed by atoms with Crippen LogP contribution in [0, 0.1) is 6.92 Å². The molecule has 4 heterocycles. The highest BCUT2D eigenvalue weighted by molar-refractivity contribution is 5.97. The fraction of sp³-hybridized carbons (Fsp3) is 0.600. The maximum atomic E-state index is 13.8. The molecule has 0 aromatic carbocycles. The molecule has 0 spiro atoms. The van der Waals surface area contributed by atoms with Crippen LogP contribution in [-0.4, -0.2) is 101 Å². The smallest absolute Gasteiger partial charge is 0.336 e. The van der Waals surface area contributed by atoms with Gasteiger partial charge in [0.1, 0.15) is 0 Å². The van der Waals surface area contributed by atoms with Crippen LogP contribution in [0.2, 0.25) is 0 Å². The molecule has 2 amide bonds. The molecule has 2 aliphatic heterocycles. The largest absolute Gasteiger partial charge is 0.365 e. The molecule has 0 saturated carbocycles. The van der Waals surface area contributed by atoms with Gasteiger partial charge in [-0.05, 0) is 64.6 Å². The zero-order chi connectivity index (χ0) is 30.6. The highest BCUT2D eigenvalue weighted by atomic mass is 19.3. The van der Waals surface area contributed by atoms with Crippen LogP contribution >= 0.6 is 0 Å². The zero-order valence-corrected chi connectivity index (χ0v) is 25.0. The Bertz CT molecular complexity index is 1380. The summed E-state index contributed by atoms with van der Waals surface area (Å²) in [5.74, 6) is -4.10. The van der Waals surface area contributed by atoms with E-state index in [1.165, 1.54) is 0 Å². The van der Waals surface area contributed by atoms with Gasteiger partial charge in [0.15, 0.2) is 5.82 Å². The van der Waals surface area contributed by atoms with Crippen molar-refractivity contribution in [3.05, 3.63) is 39.8 Å². The second-order valence-electron chi connectivity index (χ2n) is 11.7. The molecule has 4 N–H and O–H groups in total. The summed E-state index contributed by atoms with van der Waals surface area (Å²) in [6.07, 6.45) is 7.12. The van der Waals surface area contributed by atoms with Crippen molar-refractivity contribution in [3.63, 3.8) is 0 Å². The summed E-state index contributed by atoms with van der Waals surface area (Å²) < 4.78 is 27.5. The fourth-order valence-electron chi connectivity index (χ4n) is 5.48. The molecule has 42 heavy (non-hydrogen) atoms. The van der Waals surface area contributed by atoms with Crippen molar-refractivity contribution in [2.24, 2.45) is 5.73 Å². The maximum Gasteiger partial charge on any atom is 0.336 e. The molecule has 0 aliphatic carbocycles. The second-order valence-corrected chi connectivity index (χ2v) is 11.7. The number of pyridine rings is 2. The van der Waals surface area contributed by atoms with Gasteiger partial charge in [0.2, 0.25) is 5.91 Å². The van der Waals surface area contributed by atoms with Crippen LogP contribution in [0.3, 0.4) is 0 Å². The van der Waals surface area contributed by atoms with E-state index in [1.54, 1.807) is 11.8 Å². The van der Waals surface area contributed by atoms with Crippen LogP contribution in [0.4, 0.5) is 14.6 Å². The Balaban J connectivity index is 1.44. The van der Waals surface area contributed by atoms with Crippen LogP contribution in [-0.2, 0) is 9.59 Å². The molecule has 1 saturated heterocycles. The standard InChI is InChI=1S/C30H43F2N7O3/c1-19(2)37(4)25(40)6-5-11-38-12-7-21(8-13-38)24-17-34-27(26-23(24)16-20(3)28(41)36-26)35-22-9-14-39(15-10-22)29(42)30(31,32)18-33/h7,16-17,19,22H,5-6,8-15,18,33H2,1-4H3,(H,34,35)(H,36,41). The molecule has 0 bridgehead atoms. The van der Waals surface area contributed by atoms with Gasteiger partial charge in [-0.25, -0.2) is 4.98 Å². The summed E-state index contributed by atoms with van der Waals surface area (Å²) >= 11 is 0. The lowest BCUT2D eigenvalue weighted by Gasteiger charge is -2.34.